The number of hydrogen-bond donors (Lipinski definition) is 1. The van der Waals surface area contributed by atoms with Crippen LogP contribution in [0.4, 0.5) is 0 Å². The molecule has 0 aliphatic carbocycles. The maximum absolute atomic E-state index is 12.0. The van der Waals surface area contributed by atoms with E-state index < -0.39 is 5.54 Å². The third kappa shape index (κ3) is 2.55. The minimum Gasteiger partial charge on any atom is -0.468 e. The van der Waals surface area contributed by atoms with Crippen LogP contribution >= 0.6 is 0 Å². The highest BCUT2D eigenvalue weighted by Gasteiger charge is 2.48. The largest absolute Gasteiger partial charge is 0.468 e. The van der Waals surface area contributed by atoms with Gasteiger partial charge in [0.25, 0.3) is 0 Å². The smallest absolute Gasteiger partial charge is 0.327 e. The van der Waals surface area contributed by atoms with E-state index >= 15 is 0 Å². The van der Waals surface area contributed by atoms with Crippen LogP contribution in [-0.2, 0) is 9.53 Å². The Bertz CT molecular complexity index is 245. The van der Waals surface area contributed by atoms with E-state index in [2.05, 4.69) is 31.0 Å². The highest BCUT2D eigenvalue weighted by atomic mass is 16.5. The van der Waals surface area contributed by atoms with Crippen molar-refractivity contribution < 1.29 is 9.53 Å². The summed E-state index contributed by atoms with van der Waals surface area (Å²) >= 11 is 0. The minimum atomic E-state index is -0.516. The van der Waals surface area contributed by atoms with Crippen molar-refractivity contribution in [2.75, 3.05) is 20.7 Å². The lowest BCUT2D eigenvalue weighted by molar-refractivity contribution is -0.148. The highest BCUT2D eigenvalue weighted by Crippen LogP contribution is 2.27. The van der Waals surface area contributed by atoms with E-state index in [1.807, 2.05) is 7.05 Å². The molecule has 1 rings (SSSR count). The molecule has 4 heteroatoms. The van der Waals surface area contributed by atoms with E-state index in [9.17, 15) is 4.79 Å². The van der Waals surface area contributed by atoms with Crippen LogP contribution < -0.4 is 5.32 Å². The van der Waals surface area contributed by atoms with Gasteiger partial charge in [0.1, 0.15) is 5.54 Å². The normalized spacial score (nSPS) is 32.7. The molecule has 4 nitrogen and oxygen atoms in total. The van der Waals surface area contributed by atoms with Gasteiger partial charge in [0.15, 0.2) is 0 Å². The van der Waals surface area contributed by atoms with Gasteiger partial charge < -0.3 is 9.64 Å². The number of likely N-dealkylation sites (tertiary alicyclic amines) is 1. The first-order chi connectivity index (χ1) is 7.45. The Morgan fingerprint density at radius 3 is 2.69 bits per heavy atom. The molecular formula is C12H24N2O2. The van der Waals surface area contributed by atoms with Crippen LogP contribution in [0.25, 0.3) is 0 Å². The van der Waals surface area contributed by atoms with Gasteiger partial charge in [-0.1, -0.05) is 6.92 Å². The number of rotatable bonds is 4. The third-order valence-electron chi connectivity index (χ3n) is 3.63. The average molecular weight is 228 g/mol. The van der Waals surface area contributed by atoms with Crippen LogP contribution in [0.1, 0.15) is 33.6 Å². The molecule has 3 atom stereocenters. The molecule has 1 fully saturated rings. The zero-order chi connectivity index (χ0) is 12.3. The Kier molecular flexibility index (Phi) is 4.33. The molecule has 1 aliphatic heterocycles. The summed E-state index contributed by atoms with van der Waals surface area (Å²) in [5.41, 5.74) is -0.516. The number of esters is 1. The molecule has 0 saturated carbocycles. The van der Waals surface area contributed by atoms with E-state index in [1.54, 1.807) is 0 Å². The zero-order valence-electron chi connectivity index (χ0n) is 11.0. The lowest BCUT2D eigenvalue weighted by Crippen LogP contribution is -2.57. The predicted octanol–water partition coefficient (Wildman–Crippen LogP) is 1.01. The number of nitrogens with one attached hydrogen (secondary N) is 1. The summed E-state index contributed by atoms with van der Waals surface area (Å²) < 4.78 is 4.95. The molecular weight excluding hydrogens is 204 g/mol. The van der Waals surface area contributed by atoms with Crippen LogP contribution in [-0.4, -0.2) is 49.2 Å². The molecule has 0 spiro atoms. The second-order valence-corrected chi connectivity index (χ2v) is 5.00. The standard InChI is InChI=1S/C12H24N2O2/c1-6-9(2)13-12(11(15)16-5)7-10(3)14(4)8-12/h9-10,13H,6-8H2,1-5H3. The van der Waals surface area contributed by atoms with Crippen molar-refractivity contribution in [1.29, 1.82) is 0 Å². The summed E-state index contributed by atoms with van der Waals surface area (Å²) in [6.07, 6.45) is 1.83. The number of carbonyl (C=O) groups is 1. The fourth-order valence-corrected chi connectivity index (χ4v) is 2.39. The summed E-state index contributed by atoms with van der Waals surface area (Å²) in [4.78, 5) is 14.2. The van der Waals surface area contributed by atoms with Gasteiger partial charge in [0.05, 0.1) is 7.11 Å². The Morgan fingerprint density at radius 2 is 2.31 bits per heavy atom. The predicted molar refractivity (Wildman–Crippen MR) is 64.3 cm³/mol. The van der Waals surface area contributed by atoms with Gasteiger partial charge in [-0.2, -0.15) is 0 Å². The molecule has 0 bridgehead atoms. The van der Waals surface area contributed by atoms with Crippen LogP contribution in [0, 0.1) is 0 Å². The lowest BCUT2D eigenvalue weighted by Gasteiger charge is -2.30. The second-order valence-electron chi connectivity index (χ2n) is 5.00. The first kappa shape index (κ1) is 13.5. The topological polar surface area (TPSA) is 41.6 Å². The molecule has 0 aromatic carbocycles. The van der Waals surface area contributed by atoms with E-state index in [0.29, 0.717) is 12.1 Å². The Hall–Kier alpha value is -0.610. The van der Waals surface area contributed by atoms with Gasteiger partial charge in [-0.25, -0.2) is 0 Å². The summed E-state index contributed by atoms with van der Waals surface area (Å²) in [5, 5.41) is 3.44. The van der Waals surface area contributed by atoms with E-state index in [-0.39, 0.29) is 5.97 Å². The molecule has 0 aromatic rings. The van der Waals surface area contributed by atoms with Gasteiger partial charge in [-0.05, 0) is 33.7 Å². The van der Waals surface area contributed by atoms with E-state index in [0.717, 1.165) is 19.4 Å². The van der Waals surface area contributed by atoms with Crippen molar-refractivity contribution in [2.45, 2.75) is 51.2 Å². The number of nitrogens with zero attached hydrogens (tertiary/aromatic N) is 1. The van der Waals surface area contributed by atoms with Crippen molar-refractivity contribution in [2.24, 2.45) is 0 Å². The maximum Gasteiger partial charge on any atom is 0.327 e. The fourth-order valence-electron chi connectivity index (χ4n) is 2.39. The fraction of sp³-hybridized carbons (Fsp3) is 0.917. The molecule has 94 valence electrons. The lowest BCUT2D eigenvalue weighted by atomic mass is 9.95. The van der Waals surface area contributed by atoms with Crippen molar-refractivity contribution in [3.63, 3.8) is 0 Å². The molecule has 1 heterocycles. The third-order valence-corrected chi connectivity index (χ3v) is 3.63. The van der Waals surface area contributed by atoms with Crippen LogP contribution in [0.15, 0.2) is 0 Å². The Labute approximate surface area is 98.3 Å². The molecule has 0 radical (unpaired) electrons. The van der Waals surface area contributed by atoms with E-state index in [4.69, 9.17) is 4.74 Å². The van der Waals surface area contributed by atoms with Crippen molar-refractivity contribution in [1.82, 2.24) is 10.2 Å². The molecule has 1 aliphatic rings. The summed E-state index contributed by atoms with van der Waals surface area (Å²) in [6, 6.07) is 0.744. The molecule has 3 unspecified atom stereocenters. The van der Waals surface area contributed by atoms with Crippen LogP contribution in [0.2, 0.25) is 0 Å². The highest BCUT2D eigenvalue weighted by molar-refractivity contribution is 5.81. The number of methoxy groups -OCH3 is 1. The molecule has 0 amide bonds. The first-order valence-corrected chi connectivity index (χ1v) is 6.01. The summed E-state index contributed by atoms with van der Waals surface area (Å²) in [6.45, 7) is 7.09. The van der Waals surface area contributed by atoms with Gasteiger partial charge in [0.2, 0.25) is 0 Å². The van der Waals surface area contributed by atoms with Crippen LogP contribution in [0.5, 0.6) is 0 Å². The number of likely N-dealkylation sites (N-methyl/N-ethyl adjacent to an activating group) is 1. The van der Waals surface area contributed by atoms with Gasteiger partial charge >= 0.3 is 5.97 Å². The minimum absolute atomic E-state index is 0.135. The SMILES string of the molecule is CCC(C)NC1(C(=O)OC)CC(C)N(C)C1. The monoisotopic (exact) mass is 228 g/mol. The first-order valence-electron chi connectivity index (χ1n) is 6.01. The Balaban J connectivity index is 2.82. The summed E-state index contributed by atoms with van der Waals surface area (Å²) in [7, 11) is 3.51. The number of ether oxygens (including phenoxy) is 1. The zero-order valence-corrected chi connectivity index (χ0v) is 11.0. The van der Waals surface area contributed by atoms with Crippen molar-refractivity contribution in [3.05, 3.63) is 0 Å². The number of hydrogen-bond acceptors (Lipinski definition) is 4. The van der Waals surface area contributed by atoms with Crippen molar-refractivity contribution >= 4 is 5.97 Å². The molecule has 0 aromatic heterocycles. The summed E-state index contributed by atoms with van der Waals surface area (Å²) in [5.74, 6) is -0.135. The van der Waals surface area contributed by atoms with Gasteiger partial charge in [0, 0.05) is 18.6 Å². The van der Waals surface area contributed by atoms with Gasteiger partial charge in [-0.15, -0.1) is 0 Å². The molecule has 16 heavy (non-hydrogen) atoms. The van der Waals surface area contributed by atoms with Crippen LogP contribution in [0.3, 0.4) is 0 Å². The Morgan fingerprint density at radius 1 is 1.69 bits per heavy atom. The maximum atomic E-state index is 12.0. The second kappa shape index (κ2) is 5.15. The number of carbonyl (C=O) groups excluding carboxylic acids is 1. The van der Waals surface area contributed by atoms with E-state index in [1.165, 1.54) is 7.11 Å². The molecule has 1 N–H and O–H groups in total. The molecule has 1 saturated heterocycles. The van der Waals surface area contributed by atoms with Gasteiger partial charge in [-0.3, -0.25) is 10.1 Å². The van der Waals surface area contributed by atoms with Crippen molar-refractivity contribution in [3.8, 4) is 0 Å². The quantitative estimate of drug-likeness (QED) is 0.729. The average Bonchev–Trinajstić information content (AvgIpc) is 2.54.